The number of nitrogens with zero attached hydrogens (tertiary/aromatic N) is 3. The standard InChI is InChI=1S/C7H8N4S3/c1-2-8-5-10-11-7(13-5)14-6-9-3-4-12-6/h3-4H,2H2,1H3,(H,8,10). The van der Waals surface area contributed by atoms with Crippen LogP contribution in [-0.2, 0) is 0 Å². The van der Waals surface area contributed by atoms with Gasteiger partial charge in [-0.3, -0.25) is 0 Å². The molecule has 0 spiro atoms. The number of aromatic nitrogens is 3. The molecule has 0 aliphatic carbocycles. The molecule has 0 amide bonds. The fourth-order valence-electron chi connectivity index (χ4n) is 0.809. The van der Waals surface area contributed by atoms with Crippen LogP contribution in [0.2, 0.25) is 0 Å². The van der Waals surface area contributed by atoms with E-state index in [-0.39, 0.29) is 0 Å². The Kier molecular flexibility index (Phi) is 3.33. The highest BCUT2D eigenvalue weighted by Crippen LogP contribution is 2.32. The molecular formula is C7H8N4S3. The van der Waals surface area contributed by atoms with E-state index in [0.717, 1.165) is 20.4 Å². The molecule has 0 aliphatic heterocycles. The predicted octanol–water partition coefficient (Wildman–Crippen LogP) is 2.58. The highest BCUT2D eigenvalue weighted by Gasteiger charge is 2.06. The minimum Gasteiger partial charge on any atom is -0.360 e. The highest BCUT2D eigenvalue weighted by atomic mass is 32.2. The molecular weight excluding hydrogens is 236 g/mol. The van der Waals surface area contributed by atoms with Crippen LogP contribution in [-0.4, -0.2) is 21.7 Å². The van der Waals surface area contributed by atoms with Gasteiger partial charge in [-0.1, -0.05) is 11.3 Å². The van der Waals surface area contributed by atoms with Gasteiger partial charge >= 0.3 is 0 Å². The Morgan fingerprint density at radius 2 is 2.36 bits per heavy atom. The van der Waals surface area contributed by atoms with E-state index >= 15 is 0 Å². The summed E-state index contributed by atoms with van der Waals surface area (Å²) in [6.45, 7) is 2.91. The lowest BCUT2D eigenvalue weighted by Gasteiger charge is -1.91. The second-order valence-electron chi connectivity index (χ2n) is 2.30. The van der Waals surface area contributed by atoms with E-state index in [1.165, 1.54) is 0 Å². The van der Waals surface area contributed by atoms with Crippen molar-refractivity contribution in [3.63, 3.8) is 0 Å². The van der Waals surface area contributed by atoms with Crippen LogP contribution in [0.25, 0.3) is 0 Å². The van der Waals surface area contributed by atoms with Crippen LogP contribution in [0.5, 0.6) is 0 Å². The molecule has 2 aromatic rings. The molecule has 74 valence electrons. The molecule has 2 rings (SSSR count). The minimum atomic E-state index is 0.867. The zero-order chi connectivity index (χ0) is 9.80. The zero-order valence-corrected chi connectivity index (χ0v) is 9.88. The average Bonchev–Trinajstić information content (AvgIpc) is 2.79. The van der Waals surface area contributed by atoms with Crippen molar-refractivity contribution >= 4 is 39.6 Å². The number of rotatable bonds is 4. The maximum absolute atomic E-state index is 4.17. The van der Waals surface area contributed by atoms with Crippen LogP contribution >= 0.6 is 34.4 Å². The van der Waals surface area contributed by atoms with Gasteiger partial charge in [0.1, 0.15) is 0 Å². The zero-order valence-electron chi connectivity index (χ0n) is 7.43. The summed E-state index contributed by atoms with van der Waals surface area (Å²) < 4.78 is 1.93. The third-order valence-corrected chi connectivity index (χ3v) is 4.13. The molecule has 0 fully saturated rings. The highest BCUT2D eigenvalue weighted by molar-refractivity contribution is 8.02. The summed E-state index contributed by atoms with van der Waals surface area (Å²) in [6.07, 6.45) is 1.79. The Bertz CT molecular complexity index is 383. The lowest BCUT2D eigenvalue weighted by Crippen LogP contribution is -1.94. The molecule has 14 heavy (non-hydrogen) atoms. The number of hydrogen-bond donors (Lipinski definition) is 1. The molecule has 0 unspecified atom stereocenters. The number of hydrogen-bond acceptors (Lipinski definition) is 7. The van der Waals surface area contributed by atoms with Crippen LogP contribution in [0.1, 0.15) is 6.92 Å². The van der Waals surface area contributed by atoms with Crippen molar-refractivity contribution in [2.24, 2.45) is 0 Å². The molecule has 0 radical (unpaired) electrons. The molecule has 0 aromatic carbocycles. The first-order valence-corrected chi connectivity index (χ1v) is 6.54. The quantitative estimate of drug-likeness (QED) is 0.896. The summed E-state index contributed by atoms with van der Waals surface area (Å²) in [5.74, 6) is 0. The number of nitrogens with one attached hydrogen (secondary N) is 1. The lowest BCUT2D eigenvalue weighted by atomic mass is 10.8. The molecule has 0 atom stereocenters. The lowest BCUT2D eigenvalue weighted by molar-refractivity contribution is 1.00. The van der Waals surface area contributed by atoms with Crippen molar-refractivity contribution in [1.29, 1.82) is 0 Å². The van der Waals surface area contributed by atoms with Crippen molar-refractivity contribution in [3.05, 3.63) is 11.6 Å². The van der Waals surface area contributed by atoms with Gasteiger partial charge in [0, 0.05) is 18.1 Å². The van der Waals surface area contributed by atoms with Gasteiger partial charge in [0.25, 0.3) is 0 Å². The summed E-state index contributed by atoms with van der Waals surface area (Å²) >= 11 is 4.72. The molecule has 2 aromatic heterocycles. The molecule has 0 aliphatic rings. The molecule has 7 heteroatoms. The van der Waals surface area contributed by atoms with E-state index in [0.29, 0.717) is 0 Å². The molecule has 4 nitrogen and oxygen atoms in total. The van der Waals surface area contributed by atoms with Crippen molar-refractivity contribution < 1.29 is 0 Å². The second-order valence-corrected chi connectivity index (χ2v) is 5.67. The van der Waals surface area contributed by atoms with Gasteiger partial charge in [-0.15, -0.1) is 21.5 Å². The summed E-state index contributed by atoms with van der Waals surface area (Å²) in [7, 11) is 0. The van der Waals surface area contributed by atoms with Crippen LogP contribution in [0, 0.1) is 0 Å². The van der Waals surface area contributed by atoms with E-state index in [9.17, 15) is 0 Å². The van der Waals surface area contributed by atoms with Crippen molar-refractivity contribution in [2.45, 2.75) is 15.6 Å². The van der Waals surface area contributed by atoms with Gasteiger partial charge in [0.15, 0.2) is 8.68 Å². The molecule has 0 saturated carbocycles. The monoisotopic (exact) mass is 244 g/mol. The topological polar surface area (TPSA) is 50.7 Å². The van der Waals surface area contributed by atoms with Gasteiger partial charge in [0.05, 0.1) is 0 Å². The van der Waals surface area contributed by atoms with E-state index in [2.05, 4.69) is 20.5 Å². The van der Waals surface area contributed by atoms with Crippen molar-refractivity contribution in [3.8, 4) is 0 Å². The predicted molar refractivity (Wildman–Crippen MR) is 60.3 cm³/mol. The Morgan fingerprint density at radius 1 is 1.43 bits per heavy atom. The smallest absolute Gasteiger partial charge is 0.206 e. The number of anilines is 1. The van der Waals surface area contributed by atoms with Crippen LogP contribution < -0.4 is 5.32 Å². The van der Waals surface area contributed by atoms with E-state index in [4.69, 9.17) is 0 Å². The average molecular weight is 244 g/mol. The second kappa shape index (κ2) is 4.72. The van der Waals surface area contributed by atoms with Crippen molar-refractivity contribution in [1.82, 2.24) is 15.2 Å². The first-order valence-electron chi connectivity index (χ1n) is 4.03. The van der Waals surface area contributed by atoms with E-state index in [1.54, 1.807) is 40.6 Å². The third-order valence-electron chi connectivity index (χ3n) is 1.32. The van der Waals surface area contributed by atoms with Gasteiger partial charge in [-0.05, 0) is 18.7 Å². The third kappa shape index (κ3) is 2.43. The van der Waals surface area contributed by atoms with Crippen molar-refractivity contribution in [2.75, 3.05) is 11.9 Å². The first-order chi connectivity index (χ1) is 6.88. The van der Waals surface area contributed by atoms with Crippen LogP contribution in [0.3, 0.4) is 0 Å². The Morgan fingerprint density at radius 3 is 3.07 bits per heavy atom. The summed E-state index contributed by atoms with van der Waals surface area (Å²) in [5.41, 5.74) is 0. The summed E-state index contributed by atoms with van der Waals surface area (Å²) in [4.78, 5) is 4.17. The molecule has 1 N–H and O–H groups in total. The molecule has 0 bridgehead atoms. The summed E-state index contributed by atoms with van der Waals surface area (Å²) in [6, 6.07) is 0. The Balaban J connectivity index is 2.03. The fourth-order valence-corrected chi connectivity index (χ4v) is 3.45. The van der Waals surface area contributed by atoms with Crippen LogP contribution in [0.4, 0.5) is 5.13 Å². The normalized spacial score (nSPS) is 10.4. The van der Waals surface area contributed by atoms with Gasteiger partial charge in [0.2, 0.25) is 5.13 Å². The Hall–Kier alpha value is -0.660. The van der Waals surface area contributed by atoms with E-state index < -0.39 is 0 Å². The van der Waals surface area contributed by atoms with Gasteiger partial charge in [-0.25, -0.2) is 4.98 Å². The molecule has 0 saturated heterocycles. The van der Waals surface area contributed by atoms with Crippen LogP contribution in [0.15, 0.2) is 20.3 Å². The van der Waals surface area contributed by atoms with Gasteiger partial charge in [-0.2, -0.15) is 0 Å². The first kappa shape index (κ1) is 9.88. The SMILES string of the molecule is CCNc1nnc(Sc2nccs2)s1. The number of thiazole rings is 1. The van der Waals surface area contributed by atoms with E-state index in [1.807, 2.05) is 12.3 Å². The maximum Gasteiger partial charge on any atom is 0.206 e. The fraction of sp³-hybridized carbons (Fsp3) is 0.286. The Labute approximate surface area is 93.8 Å². The van der Waals surface area contributed by atoms with Gasteiger partial charge < -0.3 is 5.32 Å². The maximum atomic E-state index is 4.17. The largest absolute Gasteiger partial charge is 0.360 e. The molecule has 2 heterocycles. The summed E-state index contributed by atoms with van der Waals surface area (Å²) in [5, 5.41) is 14.0. The minimum absolute atomic E-state index is 0.867.